The smallest absolute Gasteiger partial charge is 0.191 e. The standard InChI is InChI=1S/C22H28N4O3S3/c1-15-11-19(16(2)26(15)8-6-18-5-4-9-30-18)20(27)13-31-22-24-23-21(25(22)3)12-17-7-10-32(28,29)14-17/h4-5,9,11,17H,6-8,10,12-14H2,1-3H3. The van der Waals surface area contributed by atoms with Crippen LogP contribution in [0.2, 0.25) is 0 Å². The van der Waals surface area contributed by atoms with E-state index in [4.69, 9.17) is 0 Å². The predicted octanol–water partition coefficient (Wildman–Crippen LogP) is 3.49. The van der Waals surface area contributed by atoms with Crippen LogP contribution in [-0.4, -0.2) is 50.8 Å². The van der Waals surface area contributed by atoms with Crippen molar-refractivity contribution < 1.29 is 13.2 Å². The zero-order valence-corrected chi connectivity index (χ0v) is 21.0. The molecular weight excluding hydrogens is 464 g/mol. The number of sulfone groups is 1. The van der Waals surface area contributed by atoms with Gasteiger partial charge in [0.1, 0.15) is 5.82 Å². The van der Waals surface area contributed by atoms with Crippen molar-refractivity contribution in [2.24, 2.45) is 13.0 Å². The molecule has 1 saturated heterocycles. The first kappa shape index (κ1) is 23.3. The van der Waals surface area contributed by atoms with E-state index in [2.05, 4.69) is 32.3 Å². The highest BCUT2D eigenvalue weighted by Crippen LogP contribution is 2.25. The maximum atomic E-state index is 12.9. The van der Waals surface area contributed by atoms with Crippen molar-refractivity contribution in [2.75, 3.05) is 17.3 Å². The molecule has 3 aromatic rings. The Balaban J connectivity index is 1.37. The average molecular weight is 493 g/mol. The molecule has 0 bridgehead atoms. The summed E-state index contributed by atoms with van der Waals surface area (Å²) >= 11 is 3.13. The molecule has 3 aromatic heterocycles. The molecule has 172 valence electrons. The van der Waals surface area contributed by atoms with Crippen molar-refractivity contribution in [3.63, 3.8) is 0 Å². The van der Waals surface area contributed by atoms with Gasteiger partial charge in [-0.1, -0.05) is 17.8 Å². The highest BCUT2D eigenvalue weighted by Gasteiger charge is 2.29. The summed E-state index contributed by atoms with van der Waals surface area (Å²) in [4.78, 5) is 14.3. The van der Waals surface area contributed by atoms with Crippen LogP contribution in [0.5, 0.6) is 0 Å². The number of carbonyl (C=O) groups is 1. The van der Waals surface area contributed by atoms with Crippen LogP contribution >= 0.6 is 23.1 Å². The van der Waals surface area contributed by atoms with E-state index >= 15 is 0 Å². The number of aromatic nitrogens is 4. The summed E-state index contributed by atoms with van der Waals surface area (Å²) in [5.74, 6) is 1.73. The number of aryl methyl sites for hydroxylation is 2. The topological polar surface area (TPSA) is 86.9 Å². The fraction of sp³-hybridized carbons (Fsp3) is 0.500. The number of carbonyl (C=O) groups excluding carboxylic acids is 1. The Kier molecular flexibility index (Phi) is 6.92. The van der Waals surface area contributed by atoms with Gasteiger partial charge in [0.2, 0.25) is 0 Å². The van der Waals surface area contributed by atoms with Gasteiger partial charge in [-0.3, -0.25) is 4.79 Å². The van der Waals surface area contributed by atoms with Crippen LogP contribution in [0.25, 0.3) is 0 Å². The largest absolute Gasteiger partial charge is 0.348 e. The van der Waals surface area contributed by atoms with Gasteiger partial charge < -0.3 is 9.13 Å². The molecule has 0 aromatic carbocycles. The second-order valence-electron chi connectivity index (χ2n) is 8.41. The van der Waals surface area contributed by atoms with E-state index in [9.17, 15) is 13.2 Å². The van der Waals surface area contributed by atoms with Crippen LogP contribution in [0.15, 0.2) is 28.7 Å². The van der Waals surface area contributed by atoms with Gasteiger partial charge in [0.05, 0.1) is 17.3 Å². The van der Waals surface area contributed by atoms with Crippen molar-refractivity contribution in [2.45, 2.75) is 44.8 Å². The number of thioether (sulfide) groups is 1. The van der Waals surface area contributed by atoms with Gasteiger partial charge >= 0.3 is 0 Å². The molecule has 0 amide bonds. The summed E-state index contributed by atoms with van der Waals surface area (Å²) in [6.45, 7) is 4.92. The Morgan fingerprint density at radius 3 is 2.81 bits per heavy atom. The van der Waals surface area contributed by atoms with Crippen LogP contribution in [-0.2, 0) is 36.3 Å². The Labute approximate surface area is 197 Å². The molecule has 1 aliphatic heterocycles. The molecule has 4 rings (SSSR count). The number of nitrogens with zero attached hydrogens (tertiary/aromatic N) is 4. The van der Waals surface area contributed by atoms with Crippen LogP contribution in [0.1, 0.15) is 38.9 Å². The maximum Gasteiger partial charge on any atom is 0.191 e. The first-order chi connectivity index (χ1) is 15.2. The molecular formula is C22H28N4O3S3. The summed E-state index contributed by atoms with van der Waals surface area (Å²) in [6, 6.07) is 6.19. The quantitative estimate of drug-likeness (QED) is 0.336. The van der Waals surface area contributed by atoms with Crippen LogP contribution in [0, 0.1) is 19.8 Å². The molecule has 1 aliphatic rings. The number of hydrogen-bond donors (Lipinski definition) is 0. The molecule has 1 fully saturated rings. The normalized spacial score (nSPS) is 17.8. The number of ketones is 1. The molecule has 0 radical (unpaired) electrons. The zero-order chi connectivity index (χ0) is 22.9. The molecule has 0 aliphatic carbocycles. The fourth-order valence-electron chi connectivity index (χ4n) is 4.25. The lowest BCUT2D eigenvalue weighted by Gasteiger charge is -2.09. The van der Waals surface area contributed by atoms with Crippen LogP contribution in [0.3, 0.4) is 0 Å². The van der Waals surface area contributed by atoms with Crippen molar-refractivity contribution in [3.8, 4) is 0 Å². The number of thiophene rings is 1. The molecule has 0 spiro atoms. The van der Waals surface area contributed by atoms with Gasteiger partial charge in [0, 0.05) is 41.8 Å². The first-order valence-electron chi connectivity index (χ1n) is 10.7. The minimum atomic E-state index is -2.91. The highest BCUT2D eigenvalue weighted by molar-refractivity contribution is 7.99. The molecule has 1 atom stereocenters. The maximum absolute atomic E-state index is 12.9. The summed E-state index contributed by atoms with van der Waals surface area (Å²) < 4.78 is 27.5. The number of hydrogen-bond acceptors (Lipinski definition) is 7. The molecule has 7 nitrogen and oxygen atoms in total. The third-order valence-corrected chi connectivity index (χ3v) is 9.88. The number of Topliss-reactive ketones (excluding diaryl/α,β-unsaturated/α-hetero) is 1. The first-order valence-corrected chi connectivity index (χ1v) is 14.4. The molecule has 0 saturated carbocycles. The molecule has 32 heavy (non-hydrogen) atoms. The van der Waals surface area contributed by atoms with E-state index in [1.165, 1.54) is 16.6 Å². The third kappa shape index (κ3) is 5.18. The monoisotopic (exact) mass is 492 g/mol. The summed E-state index contributed by atoms with van der Waals surface area (Å²) in [7, 11) is -1.03. The lowest BCUT2D eigenvalue weighted by molar-refractivity contribution is 0.102. The number of rotatable bonds is 9. The average Bonchev–Trinajstić information content (AvgIpc) is 3.50. The molecule has 4 heterocycles. The second-order valence-corrected chi connectivity index (χ2v) is 12.6. The Bertz CT molecular complexity index is 1210. The predicted molar refractivity (Wildman–Crippen MR) is 128 cm³/mol. The Morgan fingerprint density at radius 1 is 1.31 bits per heavy atom. The van der Waals surface area contributed by atoms with E-state index in [-0.39, 0.29) is 23.2 Å². The molecule has 0 N–H and O–H groups in total. The minimum absolute atomic E-state index is 0.0805. The summed E-state index contributed by atoms with van der Waals surface area (Å²) in [5, 5.41) is 11.2. The van der Waals surface area contributed by atoms with Gasteiger partial charge in [0.15, 0.2) is 20.8 Å². The van der Waals surface area contributed by atoms with Crippen molar-refractivity contribution >= 4 is 38.7 Å². The van der Waals surface area contributed by atoms with E-state index in [0.29, 0.717) is 23.8 Å². The van der Waals surface area contributed by atoms with Crippen molar-refractivity contribution in [1.29, 1.82) is 0 Å². The van der Waals surface area contributed by atoms with E-state index in [1.807, 2.05) is 31.5 Å². The minimum Gasteiger partial charge on any atom is -0.348 e. The Morgan fingerprint density at radius 2 is 2.12 bits per heavy atom. The summed E-state index contributed by atoms with van der Waals surface area (Å²) in [5.41, 5.74) is 2.87. The highest BCUT2D eigenvalue weighted by atomic mass is 32.2. The SMILES string of the molecule is Cc1cc(C(=O)CSc2nnc(CC3CCS(=O)(=O)C3)n2C)c(C)n1CCc1cccs1. The zero-order valence-electron chi connectivity index (χ0n) is 18.6. The third-order valence-electron chi connectivity index (χ3n) is 6.09. The lowest BCUT2D eigenvalue weighted by atomic mass is 10.1. The Hall–Kier alpha value is -1.91. The molecule has 1 unspecified atom stereocenters. The van der Waals surface area contributed by atoms with Gasteiger partial charge in [0.25, 0.3) is 0 Å². The van der Waals surface area contributed by atoms with Crippen molar-refractivity contribution in [1.82, 2.24) is 19.3 Å². The van der Waals surface area contributed by atoms with Crippen LogP contribution < -0.4 is 0 Å². The van der Waals surface area contributed by atoms with Crippen molar-refractivity contribution in [3.05, 3.63) is 51.2 Å². The summed E-state index contributed by atoms with van der Waals surface area (Å²) in [6.07, 6.45) is 2.24. The molecule has 10 heteroatoms. The fourth-order valence-corrected chi connectivity index (χ4v) is 7.63. The van der Waals surface area contributed by atoms with Gasteiger partial charge in [-0.15, -0.1) is 21.5 Å². The second kappa shape index (κ2) is 9.52. The van der Waals surface area contributed by atoms with Crippen LogP contribution in [0.4, 0.5) is 0 Å². The van der Waals surface area contributed by atoms with Gasteiger partial charge in [-0.25, -0.2) is 8.42 Å². The van der Waals surface area contributed by atoms with Gasteiger partial charge in [-0.05, 0) is 50.1 Å². The van der Waals surface area contributed by atoms with E-state index in [1.54, 1.807) is 11.3 Å². The van der Waals surface area contributed by atoms with E-state index < -0.39 is 9.84 Å². The van der Waals surface area contributed by atoms with Gasteiger partial charge in [-0.2, -0.15) is 0 Å². The van der Waals surface area contributed by atoms with E-state index in [0.717, 1.165) is 35.7 Å². The lowest BCUT2D eigenvalue weighted by Crippen LogP contribution is -2.11.